The topological polar surface area (TPSA) is 72.2 Å². The summed E-state index contributed by atoms with van der Waals surface area (Å²) in [7, 11) is 0. The summed E-state index contributed by atoms with van der Waals surface area (Å²) in [6.07, 6.45) is 2.91. The van der Waals surface area contributed by atoms with Crippen LogP contribution in [0.4, 0.5) is 0 Å². The van der Waals surface area contributed by atoms with Gasteiger partial charge < -0.3 is 5.11 Å². The molecule has 0 aliphatic heterocycles. The third-order valence-corrected chi connectivity index (χ3v) is 3.85. The van der Waals surface area contributed by atoms with E-state index in [4.69, 9.17) is 5.11 Å². The molecule has 1 aromatic rings. The van der Waals surface area contributed by atoms with Gasteiger partial charge >= 0.3 is 11.7 Å². The lowest BCUT2D eigenvalue weighted by molar-refractivity contribution is -0.136. The molecule has 1 aromatic heterocycles. The van der Waals surface area contributed by atoms with Crippen molar-refractivity contribution in [2.24, 2.45) is 0 Å². The second-order valence-electron chi connectivity index (χ2n) is 5.94. The molecule has 1 N–H and O–H groups in total. The van der Waals surface area contributed by atoms with Gasteiger partial charge in [0.05, 0.1) is 12.1 Å². The van der Waals surface area contributed by atoms with Gasteiger partial charge in [-0.15, -0.1) is 0 Å². The van der Waals surface area contributed by atoms with Crippen molar-refractivity contribution < 1.29 is 9.90 Å². The average molecular weight is 294 g/mol. The SMILES string of the molecule is CCCC(C)(C)n1c(CC)c(CC(=O)O)c(CC)nc1=O. The van der Waals surface area contributed by atoms with Gasteiger partial charge in [0.1, 0.15) is 0 Å². The van der Waals surface area contributed by atoms with E-state index in [1.807, 2.05) is 27.7 Å². The monoisotopic (exact) mass is 294 g/mol. The highest BCUT2D eigenvalue weighted by Crippen LogP contribution is 2.25. The molecular formula is C16H26N2O3. The summed E-state index contributed by atoms with van der Waals surface area (Å²) in [6.45, 7) is 9.94. The predicted molar refractivity (Wildman–Crippen MR) is 82.8 cm³/mol. The van der Waals surface area contributed by atoms with Gasteiger partial charge in [-0.05, 0) is 33.1 Å². The highest BCUT2D eigenvalue weighted by atomic mass is 16.4. The minimum absolute atomic E-state index is 0.0815. The molecule has 0 saturated carbocycles. The number of hydrogen-bond acceptors (Lipinski definition) is 3. The van der Waals surface area contributed by atoms with Gasteiger partial charge in [0, 0.05) is 16.8 Å². The number of aryl methyl sites for hydroxylation is 1. The van der Waals surface area contributed by atoms with E-state index in [0.717, 1.165) is 18.5 Å². The lowest BCUT2D eigenvalue weighted by Gasteiger charge is -2.31. The van der Waals surface area contributed by atoms with Crippen molar-refractivity contribution in [1.82, 2.24) is 9.55 Å². The highest BCUT2D eigenvalue weighted by molar-refractivity contribution is 5.71. The summed E-state index contributed by atoms with van der Waals surface area (Å²) in [6, 6.07) is 0. The van der Waals surface area contributed by atoms with Gasteiger partial charge in [-0.1, -0.05) is 27.2 Å². The van der Waals surface area contributed by atoms with E-state index < -0.39 is 5.97 Å². The molecule has 0 saturated heterocycles. The molecule has 0 atom stereocenters. The molecule has 5 nitrogen and oxygen atoms in total. The summed E-state index contributed by atoms with van der Waals surface area (Å²) in [5.74, 6) is -0.889. The number of carbonyl (C=O) groups is 1. The Morgan fingerprint density at radius 2 is 1.86 bits per heavy atom. The standard InChI is InChI=1S/C16H26N2O3/c1-6-9-16(4,5)18-13(8-3)11(10-14(19)20)12(7-2)17-15(18)21/h6-10H2,1-5H3,(H,19,20). The molecule has 0 unspecified atom stereocenters. The van der Waals surface area contributed by atoms with E-state index in [-0.39, 0.29) is 17.6 Å². The van der Waals surface area contributed by atoms with Crippen LogP contribution in [0.3, 0.4) is 0 Å². The first-order valence-electron chi connectivity index (χ1n) is 7.64. The maximum absolute atomic E-state index is 12.4. The minimum Gasteiger partial charge on any atom is -0.481 e. The zero-order chi connectivity index (χ0) is 16.2. The fourth-order valence-electron chi connectivity index (χ4n) is 3.02. The number of aliphatic carboxylic acids is 1. The smallest absolute Gasteiger partial charge is 0.348 e. The van der Waals surface area contributed by atoms with Crippen LogP contribution in [0.1, 0.15) is 64.4 Å². The molecule has 1 rings (SSSR count). The third-order valence-electron chi connectivity index (χ3n) is 3.85. The summed E-state index contributed by atoms with van der Waals surface area (Å²) < 4.78 is 1.70. The first kappa shape index (κ1) is 17.4. The quantitative estimate of drug-likeness (QED) is 0.838. The average Bonchev–Trinajstić information content (AvgIpc) is 2.38. The molecule has 0 bridgehead atoms. The first-order valence-corrected chi connectivity index (χ1v) is 7.64. The molecule has 5 heteroatoms. The van der Waals surface area contributed by atoms with Gasteiger partial charge in [-0.25, -0.2) is 4.79 Å². The highest BCUT2D eigenvalue weighted by Gasteiger charge is 2.27. The van der Waals surface area contributed by atoms with Crippen LogP contribution in [-0.2, 0) is 29.6 Å². The fourth-order valence-corrected chi connectivity index (χ4v) is 3.02. The Balaban J connectivity index is 3.65. The molecule has 118 valence electrons. The van der Waals surface area contributed by atoms with Crippen molar-refractivity contribution in [3.05, 3.63) is 27.4 Å². The van der Waals surface area contributed by atoms with Crippen molar-refractivity contribution in [3.63, 3.8) is 0 Å². The van der Waals surface area contributed by atoms with Gasteiger partial charge in [-0.2, -0.15) is 4.98 Å². The zero-order valence-electron chi connectivity index (χ0n) is 13.7. The van der Waals surface area contributed by atoms with Gasteiger partial charge in [0.2, 0.25) is 0 Å². The Morgan fingerprint density at radius 1 is 1.24 bits per heavy atom. The Kier molecular flexibility index (Phi) is 5.70. The number of aromatic nitrogens is 2. The Bertz CT molecular complexity index is 574. The second kappa shape index (κ2) is 6.87. The van der Waals surface area contributed by atoms with Gasteiger partial charge in [-0.3, -0.25) is 9.36 Å². The minimum atomic E-state index is -0.889. The van der Waals surface area contributed by atoms with Crippen molar-refractivity contribution in [1.29, 1.82) is 0 Å². The van der Waals surface area contributed by atoms with E-state index in [9.17, 15) is 9.59 Å². The van der Waals surface area contributed by atoms with Crippen LogP contribution in [0.2, 0.25) is 0 Å². The molecule has 0 aliphatic rings. The van der Waals surface area contributed by atoms with E-state index in [1.165, 1.54) is 0 Å². The summed E-state index contributed by atoms with van der Waals surface area (Å²) in [5, 5.41) is 9.16. The zero-order valence-corrected chi connectivity index (χ0v) is 13.7. The normalized spacial score (nSPS) is 11.7. The van der Waals surface area contributed by atoms with Crippen molar-refractivity contribution in [3.8, 4) is 0 Å². The summed E-state index contributed by atoms with van der Waals surface area (Å²) in [5.41, 5.74) is 1.51. The molecule has 0 spiro atoms. The molecule has 0 amide bonds. The molecule has 0 fully saturated rings. The maximum atomic E-state index is 12.4. The number of carboxylic acids is 1. The van der Waals surface area contributed by atoms with Crippen LogP contribution in [0.15, 0.2) is 4.79 Å². The largest absolute Gasteiger partial charge is 0.481 e. The molecule has 0 aromatic carbocycles. The molecule has 21 heavy (non-hydrogen) atoms. The number of rotatable bonds is 7. The van der Waals surface area contributed by atoms with Crippen LogP contribution < -0.4 is 5.69 Å². The van der Waals surface area contributed by atoms with Crippen LogP contribution in [0.5, 0.6) is 0 Å². The third kappa shape index (κ3) is 3.71. The molecule has 0 radical (unpaired) electrons. The number of hydrogen-bond donors (Lipinski definition) is 1. The summed E-state index contributed by atoms with van der Waals surface area (Å²) >= 11 is 0. The lowest BCUT2D eigenvalue weighted by atomic mass is 9.95. The molecule has 0 aliphatic carbocycles. The van der Waals surface area contributed by atoms with Crippen molar-refractivity contribution >= 4 is 5.97 Å². The van der Waals surface area contributed by atoms with Crippen LogP contribution in [-0.4, -0.2) is 20.6 Å². The number of nitrogens with zero attached hydrogens (tertiary/aromatic N) is 2. The first-order chi connectivity index (χ1) is 9.78. The maximum Gasteiger partial charge on any atom is 0.348 e. The molecule has 1 heterocycles. The van der Waals surface area contributed by atoms with E-state index in [2.05, 4.69) is 11.9 Å². The van der Waals surface area contributed by atoms with Crippen LogP contribution in [0, 0.1) is 0 Å². The summed E-state index contributed by atoms with van der Waals surface area (Å²) in [4.78, 5) is 27.7. The van der Waals surface area contributed by atoms with Crippen LogP contribution >= 0.6 is 0 Å². The second-order valence-corrected chi connectivity index (χ2v) is 5.94. The van der Waals surface area contributed by atoms with Crippen molar-refractivity contribution in [2.45, 2.75) is 72.3 Å². The Labute approximate surface area is 126 Å². The van der Waals surface area contributed by atoms with Gasteiger partial charge in [0.15, 0.2) is 0 Å². The Hall–Kier alpha value is -1.65. The lowest BCUT2D eigenvalue weighted by Crippen LogP contribution is -2.41. The van der Waals surface area contributed by atoms with E-state index >= 15 is 0 Å². The van der Waals surface area contributed by atoms with E-state index in [1.54, 1.807) is 4.57 Å². The van der Waals surface area contributed by atoms with E-state index in [0.29, 0.717) is 24.1 Å². The molecular weight excluding hydrogens is 268 g/mol. The Morgan fingerprint density at radius 3 is 2.29 bits per heavy atom. The number of carboxylic acid groups (broad SMARTS) is 1. The predicted octanol–water partition coefficient (Wildman–Crippen LogP) is 2.53. The van der Waals surface area contributed by atoms with Crippen molar-refractivity contribution in [2.75, 3.05) is 0 Å². The van der Waals surface area contributed by atoms with Crippen LogP contribution in [0.25, 0.3) is 0 Å². The van der Waals surface area contributed by atoms with Gasteiger partial charge in [0.25, 0.3) is 0 Å². The fraction of sp³-hybridized carbons (Fsp3) is 0.688.